The first-order valence-corrected chi connectivity index (χ1v) is 7.24. The zero-order chi connectivity index (χ0) is 18.7. The molecule has 0 aliphatic carbocycles. The highest BCUT2D eigenvalue weighted by molar-refractivity contribution is 5.78. The Morgan fingerprint density at radius 1 is 1.25 bits per heavy atom. The predicted octanol–water partition coefficient (Wildman–Crippen LogP) is 3.64. The molecule has 0 N–H and O–H groups in total. The first-order valence-electron chi connectivity index (χ1n) is 7.24. The van der Waals surface area contributed by atoms with Crippen molar-refractivity contribution in [3.63, 3.8) is 0 Å². The van der Waals surface area contributed by atoms with Gasteiger partial charge in [-0.1, -0.05) is 0 Å². The Bertz CT molecular complexity index is 607. The van der Waals surface area contributed by atoms with Crippen molar-refractivity contribution >= 4 is 11.6 Å². The van der Waals surface area contributed by atoms with Crippen molar-refractivity contribution in [3.8, 4) is 5.75 Å². The van der Waals surface area contributed by atoms with E-state index in [2.05, 4.69) is 0 Å². The number of ether oxygens (including phenoxy) is 1. The van der Waals surface area contributed by atoms with Crippen molar-refractivity contribution in [1.29, 1.82) is 0 Å². The Hall–Kier alpha value is -2.32. The minimum absolute atomic E-state index is 0.139. The second-order valence-corrected chi connectivity index (χ2v) is 5.71. The molecule has 0 saturated carbocycles. The van der Waals surface area contributed by atoms with Crippen LogP contribution < -0.4 is 4.74 Å². The lowest BCUT2D eigenvalue weighted by molar-refractivity contribution is -0.385. The van der Waals surface area contributed by atoms with E-state index in [9.17, 15) is 28.1 Å². The number of benzene rings is 1. The molecule has 1 rings (SSSR count). The molecule has 0 atom stereocenters. The highest BCUT2D eigenvalue weighted by Gasteiger charge is 2.36. The van der Waals surface area contributed by atoms with Crippen molar-refractivity contribution in [2.75, 3.05) is 6.61 Å². The average molecular weight is 348 g/mol. The lowest BCUT2D eigenvalue weighted by Crippen LogP contribution is -2.44. The minimum atomic E-state index is -4.83. The van der Waals surface area contributed by atoms with Gasteiger partial charge in [-0.05, 0) is 33.8 Å². The second-order valence-electron chi connectivity index (χ2n) is 5.71. The van der Waals surface area contributed by atoms with Gasteiger partial charge in [0.2, 0.25) is 0 Å². The molecule has 0 heterocycles. The third-order valence-corrected chi connectivity index (χ3v) is 3.23. The Kier molecular flexibility index (Phi) is 6.16. The van der Waals surface area contributed by atoms with Crippen LogP contribution in [0.1, 0.15) is 33.3 Å². The summed E-state index contributed by atoms with van der Waals surface area (Å²) in [5.41, 5.74) is -1.99. The van der Waals surface area contributed by atoms with E-state index < -0.39 is 40.6 Å². The third kappa shape index (κ3) is 4.84. The maximum absolute atomic E-state index is 13.0. The van der Waals surface area contributed by atoms with E-state index in [1.165, 1.54) is 4.90 Å². The van der Waals surface area contributed by atoms with Crippen LogP contribution in [0, 0.1) is 10.1 Å². The summed E-state index contributed by atoms with van der Waals surface area (Å²) < 4.78 is 44.1. The molecule has 9 heteroatoms. The summed E-state index contributed by atoms with van der Waals surface area (Å²) >= 11 is 0. The van der Waals surface area contributed by atoms with Gasteiger partial charge in [-0.25, -0.2) is 0 Å². The lowest BCUT2D eigenvalue weighted by Gasteiger charge is -2.30. The number of rotatable bonds is 6. The molecule has 1 aromatic rings. The molecule has 134 valence electrons. The zero-order valence-corrected chi connectivity index (χ0v) is 13.8. The molecule has 0 aliphatic rings. The number of halogens is 3. The largest absolute Gasteiger partial charge is 0.483 e. The molecule has 0 aliphatic heterocycles. The Labute approximate surface area is 137 Å². The molecule has 24 heavy (non-hydrogen) atoms. The molecule has 0 saturated heterocycles. The van der Waals surface area contributed by atoms with Gasteiger partial charge in [0, 0.05) is 24.2 Å². The average Bonchev–Trinajstić information content (AvgIpc) is 2.42. The third-order valence-electron chi connectivity index (χ3n) is 3.23. The topological polar surface area (TPSA) is 72.7 Å². The van der Waals surface area contributed by atoms with Crippen LogP contribution in [0.25, 0.3) is 0 Å². The van der Waals surface area contributed by atoms with E-state index in [1.807, 2.05) is 0 Å². The number of nitro benzene ring substituents is 1. The molecule has 1 aromatic carbocycles. The smallest absolute Gasteiger partial charge is 0.420 e. The number of non-ortho nitro benzene ring substituents is 1. The van der Waals surface area contributed by atoms with Crippen LogP contribution in [0.15, 0.2) is 18.2 Å². The van der Waals surface area contributed by atoms with Crippen LogP contribution in [0.2, 0.25) is 0 Å². The van der Waals surface area contributed by atoms with Gasteiger partial charge < -0.3 is 9.64 Å². The molecule has 0 aromatic heterocycles. The highest BCUT2D eigenvalue weighted by atomic mass is 19.4. The summed E-state index contributed by atoms with van der Waals surface area (Å²) in [6.45, 7) is 6.54. The van der Waals surface area contributed by atoms with Crippen molar-refractivity contribution in [2.45, 2.75) is 46.0 Å². The number of alkyl halides is 3. The number of carbonyl (C=O) groups excluding carboxylic acids is 1. The number of carbonyl (C=O) groups is 1. The molecule has 0 unspecified atom stereocenters. The Balaban J connectivity index is 3.03. The van der Waals surface area contributed by atoms with E-state index >= 15 is 0 Å². The molecule has 0 fully saturated rings. The number of nitrogens with zero attached hydrogens (tertiary/aromatic N) is 2. The zero-order valence-electron chi connectivity index (χ0n) is 13.8. The van der Waals surface area contributed by atoms with Crippen molar-refractivity contribution in [3.05, 3.63) is 33.9 Å². The summed E-state index contributed by atoms with van der Waals surface area (Å²) in [7, 11) is 0. The van der Waals surface area contributed by atoms with Crippen LogP contribution in [0.3, 0.4) is 0 Å². The standard InChI is InChI=1S/C15H19F3N2O4/c1-9(2)19(10(3)4)14(21)8-24-13-6-5-11(20(22)23)7-12(13)15(16,17)18/h5-7,9-10H,8H2,1-4H3. The summed E-state index contributed by atoms with van der Waals surface area (Å²) in [6.07, 6.45) is -4.83. The van der Waals surface area contributed by atoms with Gasteiger partial charge in [0.25, 0.3) is 11.6 Å². The van der Waals surface area contributed by atoms with Crippen molar-refractivity contribution in [2.24, 2.45) is 0 Å². The second kappa shape index (κ2) is 7.50. The summed E-state index contributed by atoms with van der Waals surface area (Å²) in [5, 5.41) is 10.6. The quantitative estimate of drug-likeness (QED) is 0.581. The van der Waals surface area contributed by atoms with Crippen LogP contribution in [-0.2, 0) is 11.0 Å². The molecule has 1 amide bonds. The van der Waals surface area contributed by atoms with Gasteiger partial charge in [0.15, 0.2) is 6.61 Å². The molecule has 6 nitrogen and oxygen atoms in total. The van der Waals surface area contributed by atoms with Gasteiger partial charge in [-0.3, -0.25) is 14.9 Å². The fourth-order valence-electron chi connectivity index (χ4n) is 2.37. The molecule has 0 radical (unpaired) electrons. The van der Waals surface area contributed by atoms with Crippen LogP contribution in [-0.4, -0.2) is 34.4 Å². The van der Waals surface area contributed by atoms with E-state index in [4.69, 9.17) is 4.74 Å². The molecule has 0 bridgehead atoms. The van der Waals surface area contributed by atoms with Gasteiger partial charge >= 0.3 is 6.18 Å². The first-order chi connectivity index (χ1) is 10.9. The summed E-state index contributed by atoms with van der Waals surface area (Å²) in [5.74, 6) is -1.08. The van der Waals surface area contributed by atoms with E-state index in [0.29, 0.717) is 6.07 Å². The van der Waals surface area contributed by atoms with Crippen LogP contribution >= 0.6 is 0 Å². The van der Waals surface area contributed by atoms with Gasteiger partial charge in [0.05, 0.1) is 4.92 Å². The monoisotopic (exact) mass is 348 g/mol. The van der Waals surface area contributed by atoms with Gasteiger partial charge in [-0.2, -0.15) is 13.2 Å². The predicted molar refractivity (Wildman–Crippen MR) is 80.7 cm³/mol. The summed E-state index contributed by atoms with van der Waals surface area (Å²) in [6, 6.07) is 1.86. The van der Waals surface area contributed by atoms with Gasteiger partial charge in [-0.15, -0.1) is 0 Å². The Morgan fingerprint density at radius 2 is 1.79 bits per heavy atom. The van der Waals surface area contributed by atoms with E-state index in [1.54, 1.807) is 27.7 Å². The molecule has 0 spiro atoms. The van der Waals surface area contributed by atoms with Crippen molar-refractivity contribution in [1.82, 2.24) is 4.90 Å². The molecular weight excluding hydrogens is 329 g/mol. The normalized spacial score (nSPS) is 11.7. The number of amides is 1. The number of hydrogen-bond donors (Lipinski definition) is 0. The van der Waals surface area contributed by atoms with E-state index in [-0.39, 0.29) is 12.1 Å². The summed E-state index contributed by atoms with van der Waals surface area (Å²) in [4.78, 5) is 23.3. The van der Waals surface area contributed by atoms with Crippen LogP contribution in [0.5, 0.6) is 5.75 Å². The fourth-order valence-corrected chi connectivity index (χ4v) is 2.37. The number of hydrogen-bond acceptors (Lipinski definition) is 4. The minimum Gasteiger partial charge on any atom is -0.483 e. The molecular formula is C15H19F3N2O4. The van der Waals surface area contributed by atoms with Gasteiger partial charge in [0.1, 0.15) is 11.3 Å². The maximum Gasteiger partial charge on any atom is 0.420 e. The number of nitro groups is 1. The lowest BCUT2D eigenvalue weighted by atomic mass is 10.1. The van der Waals surface area contributed by atoms with E-state index in [0.717, 1.165) is 12.1 Å². The van der Waals surface area contributed by atoms with Crippen molar-refractivity contribution < 1.29 is 27.6 Å². The fraction of sp³-hybridized carbons (Fsp3) is 0.533. The first kappa shape index (κ1) is 19.7. The maximum atomic E-state index is 13.0. The Morgan fingerprint density at radius 3 is 2.21 bits per heavy atom. The highest BCUT2D eigenvalue weighted by Crippen LogP contribution is 2.38. The van der Waals surface area contributed by atoms with Crippen LogP contribution in [0.4, 0.5) is 18.9 Å². The SMILES string of the molecule is CC(C)N(C(=O)COc1ccc([N+](=O)[O-])cc1C(F)(F)F)C(C)C.